The molecule has 0 aromatic heterocycles. The van der Waals surface area contributed by atoms with E-state index in [9.17, 15) is 4.79 Å². The van der Waals surface area contributed by atoms with Crippen LogP contribution in [0, 0.1) is 13.8 Å². The van der Waals surface area contributed by atoms with E-state index in [-0.39, 0.29) is 0 Å². The molecule has 88 valence electrons. The second-order valence-corrected chi connectivity index (χ2v) is 3.99. The Labute approximate surface area is 101 Å². The van der Waals surface area contributed by atoms with E-state index in [4.69, 9.17) is 16.3 Å². The highest BCUT2D eigenvalue weighted by Crippen LogP contribution is 2.31. The van der Waals surface area contributed by atoms with E-state index < -0.39 is 0 Å². The summed E-state index contributed by atoms with van der Waals surface area (Å²) in [6, 6.07) is 1.91. The Morgan fingerprint density at radius 1 is 1.50 bits per heavy atom. The molecule has 0 amide bonds. The SMILES string of the molecule is COc1cc(C)c(Cl)c(C)c1CNCC=O. The molecule has 0 saturated heterocycles. The Bertz CT molecular complexity index is 391. The lowest BCUT2D eigenvalue weighted by Crippen LogP contribution is -2.17. The lowest BCUT2D eigenvalue weighted by molar-refractivity contribution is -0.107. The smallest absolute Gasteiger partial charge is 0.133 e. The molecule has 0 aliphatic heterocycles. The number of aryl methyl sites for hydroxylation is 1. The fraction of sp³-hybridized carbons (Fsp3) is 0.417. The second kappa shape index (κ2) is 5.87. The van der Waals surface area contributed by atoms with Crippen molar-refractivity contribution >= 4 is 17.9 Å². The fourth-order valence-corrected chi connectivity index (χ4v) is 1.79. The summed E-state index contributed by atoms with van der Waals surface area (Å²) in [6.07, 6.45) is 0.831. The Morgan fingerprint density at radius 2 is 2.19 bits per heavy atom. The predicted octanol–water partition coefficient (Wildman–Crippen LogP) is 2.25. The van der Waals surface area contributed by atoms with Crippen molar-refractivity contribution in [2.45, 2.75) is 20.4 Å². The van der Waals surface area contributed by atoms with Gasteiger partial charge in [-0.15, -0.1) is 0 Å². The van der Waals surface area contributed by atoms with Crippen molar-refractivity contribution in [2.24, 2.45) is 0 Å². The number of carbonyl (C=O) groups excluding carboxylic acids is 1. The summed E-state index contributed by atoms with van der Waals surface area (Å²) in [6.45, 7) is 4.80. The fourth-order valence-electron chi connectivity index (χ4n) is 1.62. The van der Waals surface area contributed by atoms with Gasteiger partial charge in [-0.05, 0) is 31.0 Å². The first-order valence-electron chi connectivity index (χ1n) is 5.08. The molecule has 0 aliphatic carbocycles. The molecular weight excluding hydrogens is 226 g/mol. The van der Waals surface area contributed by atoms with Crippen LogP contribution in [0.1, 0.15) is 16.7 Å². The van der Waals surface area contributed by atoms with Crippen molar-refractivity contribution in [3.63, 3.8) is 0 Å². The molecule has 0 saturated carbocycles. The van der Waals surface area contributed by atoms with E-state index in [0.29, 0.717) is 13.1 Å². The van der Waals surface area contributed by atoms with Gasteiger partial charge < -0.3 is 14.8 Å². The number of ether oxygens (including phenoxy) is 1. The van der Waals surface area contributed by atoms with Crippen molar-refractivity contribution in [3.8, 4) is 5.75 Å². The molecule has 0 spiro atoms. The summed E-state index contributed by atoms with van der Waals surface area (Å²) in [5.41, 5.74) is 2.99. The summed E-state index contributed by atoms with van der Waals surface area (Å²) in [5.74, 6) is 0.804. The van der Waals surface area contributed by atoms with E-state index in [2.05, 4.69) is 5.32 Å². The van der Waals surface area contributed by atoms with E-state index >= 15 is 0 Å². The Balaban J connectivity index is 3.04. The Kier molecular flexibility index (Phi) is 4.77. The Morgan fingerprint density at radius 3 is 2.75 bits per heavy atom. The third-order valence-electron chi connectivity index (χ3n) is 2.52. The number of rotatable bonds is 5. The lowest BCUT2D eigenvalue weighted by atomic mass is 10.0. The van der Waals surface area contributed by atoms with Gasteiger partial charge in [-0.2, -0.15) is 0 Å². The number of hydrogen-bond donors (Lipinski definition) is 1. The molecule has 0 bridgehead atoms. The summed E-state index contributed by atoms with van der Waals surface area (Å²) < 4.78 is 5.31. The highest BCUT2D eigenvalue weighted by molar-refractivity contribution is 6.32. The molecule has 1 aromatic rings. The van der Waals surface area contributed by atoms with Gasteiger partial charge in [0, 0.05) is 17.1 Å². The third-order valence-corrected chi connectivity index (χ3v) is 3.10. The van der Waals surface area contributed by atoms with Gasteiger partial charge in [0.1, 0.15) is 12.0 Å². The van der Waals surface area contributed by atoms with Crippen LogP contribution in [0.25, 0.3) is 0 Å². The van der Waals surface area contributed by atoms with Crippen LogP contribution in [0.15, 0.2) is 6.07 Å². The molecule has 0 unspecified atom stereocenters. The maximum Gasteiger partial charge on any atom is 0.133 e. The van der Waals surface area contributed by atoms with Crippen molar-refractivity contribution in [3.05, 3.63) is 27.8 Å². The van der Waals surface area contributed by atoms with Crippen molar-refractivity contribution in [1.82, 2.24) is 5.32 Å². The molecule has 0 heterocycles. The third kappa shape index (κ3) is 2.74. The minimum atomic E-state index is 0.327. The number of carbonyl (C=O) groups is 1. The molecule has 1 aromatic carbocycles. The maximum atomic E-state index is 10.2. The van der Waals surface area contributed by atoms with Gasteiger partial charge >= 0.3 is 0 Å². The van der Waals surface area contributed by atoms with Crippen LogP contribution in [0.3, 0.4) is 0 Å². The van der Waals surface area contributed by atoms with Crippen molar-refractivity contribution < 1.29 is 9.53 Å². The molecule has 0 atom stereocenters. The first-order chi connectivity index (χ1) is 7.61. The minimum Gasteiger partial charge on any atom is -0.496 e. The van der Waals surface area contributed by atoms with Gasteiger partial charge in [-0.25, -0.2) is 0 Å². The molecule has 16 heavy (non-hydrogen) atoms. The minimum absolute atomic E-state index is 0.327. The van der Waals surface area contributed by atoms with Gasteiger partial charge in [0.15, 0.2) is 0 Å². The van der Waals surface area contributed by atoms with Crippen LogP contribution in [0.5, 0.6) is 5.75 Å². The van der Waals surface area contributed by atoms with E-state index in [1.54, 1.807) is 7.11 Å². The molecule has 3 nitrogen and oxygen atoms in total. The molecule has 4 heteroatoms. The Hall–Kier alpha value is -1.06. The zero-order valence-corrected chi connectivity index (χ0v) is 10.5. The number of benzene rings is 1. The predicted molar refractivity (Wildman–Crippen MR) is 65.2 cm³/mol. The van der Waals surface area contributed by atoms with Gasteiger partial charge in [0.05, 0.1) is 13.7 Å². The molecule has 1 rings (SSSR count). The highest BCUT2D eigenvalue weighted by Gasteiger charge is 2.11. The largest absolute Gasteiger partial charge is 0.496 e. The normalized spacial score (nSPS) is 10.2. The molecule has 0 fully saturated rings. The highest BCUT2D eigenvalue weighted by atomic mass is 35.5. The van der Waals surface area contributed by atoms with E-state index in [1.165, 1.54) is 0 Å². The van der Waals surface area contributed by atoms with Crippen LogP contribution >= 0.6 is 11.6 Å². The first kappa shape index (κ1) is 13.0. The maximum absolute atomic E-state index is 10.2. The van der Waals surface area contributed by atoms with Crippen molar-refractivity contribution in [1.29, 1.82) is 0 Å². The molecular formula is C12H16ClNO2. The van der Waals surface area contributed by atoms with Crippen LogP contribution in [-0.4, -0.2) is 19.9 Å². The summed E-state index contributed by atoms with van der Waals surface area (Å²) in [4.78, 5) is 10.2. The zero-order valence-electron chi connectivity index (χ0n) is 9.76. The van der Waals surface area contributed by atoms with Crippen LogP contribution in [0.2, 0.25) is 5.02 Å². The number of methoxy groups -OCH3 is 1. The van der Waals surface area contributed by atoms with Crippen LogP contribution < -0.4 is 10.1 Å². The quantitative estimate of drug-likeness (QED) is 0.635. The standard InChI is InChI=1S/C12H16ClNO2/c1-8-6-11(16-3)10(7-14-4-5-15)9(2)12(8)13/h5-6,14H,4,7H2,1-3H3. The topological polar surface area (TPSA) is 38.3 Å². The summed E-state index contributed by atoms with van der Waals surface area (Å²) in [5, 5.41) is 3.76. The monoisotopic (exact) mass is 241 g/mol. The number of halogens is 1. The number of nitrogens with one attached hydrogen (secondary N) is 1. The van der Waals surface area contributed by atoms with Gasteiger partial charge in [0.25, 0.3) is 0 Å². The lowest BCUT2D eigenvalue weighted by Gasteiger charge is -2.15. The molecule has 0 radical (unpaired) electrons. The van der Waals surface area contributed by atoms with Crippen LogP contribution in [-0.2, 0) is 11.3 Å². The average Bonchev–Trinajstić information content (AvgIpc) is 2.29. The number of hydrogen-bond acceptors (Lipinski definition) is 3. The van der Waals surface area contributed by atoms with Gasteiger partial charge in [-0.1, -0.05) is 11.6 Å². The van der Waals surface area contributed by atoms with Gasteiger partial charge in [-0.3, -0.25) is 0 Å². The van der Waals surface area contributed by atoms with Gasteiger partial charge in [0.2, 0.25) is 0 Å². The summed E-state index contributed by atoms with van der Waals surface area (Å²) >= 11 is 6.17. The summed E-state index contributed by atoms with van der Waals surface area (Å²) in [7, 11) is 1.63. The van der Waals surface area contributed by atoms with E-state index in [1.807, 2.05) is 19.9 Å². The first-order valence-corrected chi connectivity index (χ1v) is 5.46. The van der Waals surface area contributed by atoms with Crippen LogP contribution in [0.4, 0.5) is 0 Å². The molecule has 1 N–H and O–H groups in total. The number of aldehydes is 1. The second-order valence-electron chi connectivity index (χ2n) is 3.61. The zero-order chi connectivity index (χ0) is 12.1. The van der Waals surface area contributed by atoms with Crippen molar-refractivity contribution in [2.75, 3.05) is 13.7 Å². The molecule has 0 aliphatic rings. The van der Waals surface area contributed by atoms with E-state index in [0.717, 1.165) is 33.7 Å². The average molecular weight is 242 g/mol.